The van der Waals surface area contributed by atoms with Crippen LogP contribution in [0.2, 0.25) is 0 Å². The predicted molar refractivity (Wildman–Crippen MR) is 80.2 cm³/mol. The smallest absolute Gasteiger partial charge is 0.125 e. The highest BCUT2D eigenvalue weighted by atomic mass is 79.9. The Morgan fingerprint density at radius 1 is 1.11 bits per heavy atom. The van der Waals surface area contributed by atoms with Gasteiger partial charge in [0.2, 0.25) is 0 Å². The van der Waals surface area contributed by atoms with E-state index in [1.54, 1.807) is 0 Å². The molecule has 0 saturated carbocycles. The molecule has 0 heterocycles. The molecule has 1 N–H and O–H groups in total. The van der Waals surface area contributed by atoms with Crippen molar-refractivity contribution in [2.45, 2.75) is 26.1 Å². The highest BCUT2D eigenvalue weighted by Crippen LogP contribution is 2.27. The molecule has 0 radical (unpaired) electrons. The molecule has 0 amide bonds. The van der Waals surface area contributed by atoms with Crippen LogP contribution in [0.25, 0.3) is 0 Å². The molecule has 0 fully saturated rings. The first-order valence-electron chi connectivity index (χ1n) is 6.35. The fraction of sp³-hybridized carbons (Fsp3) is 0.250. The summed E-state index contributed by atoms with van der Waals surface area (Å²) in [5, 5.41) is 9.96. The number of rotatable bonds is 5. The van der Waals surface area contributed by atoms with Crippen LogP contribution in [0.5, 0.6) is 5.75 Å². The van der Waals surface area contributed by atoms with Gasteiger partial charge in [-0.2, -0.15) is 0 Å². The zero-order chi connectivity index (χ0) is 13.7. The van der Waals surface area contributed by atoms with Gasteiger partial charge in [-0.05, 0) is 30.2 Å². The van der Waals surface area contributed by atoms with Gasteiger partial charge in [-0.25, -0.2) is 0 Å². The Bertz CT molecular complexity index is 523. The zero-order valence-electron chi connectivity index (χ0n) is 10.8. The van der Waals surface area contributed by atoms with E-state index >= 15 is 0 Å². The van der Waals surface area contributed by atoms with Crippen LogP contribution in [0.1, 0.15) is 30.6 Å². The monoisotopic (exact) mass is 320 g/mol. The lowest BCUT2D eigenvalue weighted by Crippen LogP contribution is -2.02. The lowest BCUT2D eigenvalue weighted by molar-refractivity contribution is 0.166. The fourth-order valence-corrected chi connectivity index (χ4v) is 2.11. The maximum absolute atomic E-state index is 9.96. The Kier molecular flexibility index (Phi) is 5.00. The van der Waals surface area contributed by atoms with Gasteiger partial charge in [-0.1, -0.05) is 53.2 Å². The van der Waals surface area contributed by atoms with Gasteiger partial charge < -0.3 is 9.84 Å². The summed E-state index contributed by atoms with van der Waals surface area (Å²) in [5.74, 6) is 0.750. The highest BCUT2D eigenvalue weighted by Gasteiger charge is 2.10. The molecular formula is C16H17BrO2. The fourth-order valence-electron chi connectivity index (χ4n) is 1.85. The van der Waals surface area contributed by atoms with Gasteiger partial charge in [0.25, 0.3) is 0 Å². The zero-order valence-corrected chi connectivity index (χ0v) is 12.4. The molecule has 100 valence electrons. The lowest BCUT2D eigenvalue weighted by Gasteiger charge is -2.15. The molecule has 0 aromatic heterocycles. The van der Waals surface area contributed by atoms with Crippen LogP contribution in [-0.2, 0) is 6.61 Å². The predicted octanol–water partition coefficient (Wildman–Crippen LogP) is 4.47. The summed E-state index contributed by atoms with van der Waals surface area (Å²) >= 11 is 3.41. The molecule has 2 aromatic carbocycles. The van der Waals surface area contributed by atoms with Crippen molar-refractivity contribution < 1.29 is 9.84 Å². The topological polar surface area (TPSA) is 29.5 Å². The SMILES string of the molecule is CCC(O)c1ccccc1OCc1ccc(Br)cc1. The van der Waals surface area contributed by atoms with Gasteiger partial charge in [0.1, 0.15) is 12.4 Å². The highest BCUT2D eigenvalue weighted by molar-refractivity contribution is 9.10. The quantitative estimate of drug-likeness (QED) is 0.880. The molecule has 2 aromatic rings. The number of hydrogen-bond donors (Lipinski definition) is 1. The second kappa shape index (κ2) is 6.73. The van der Waals surface area contributed by atoms with E-state index in [1.165, 1.54) is 0 Å². The number of para-hydroxylation sites is 1. The molecule has 2 nitrogen and oxygen atoms in total. The minimum absolute atomic E-state index is 0.471. The second-order valence-electron chi connectivity index (χ2n) is 4.38. The van der Waals surface area contributed by atoms with Crippen molar-refractivity contribution in [1.82, 2.24) is 0 Å². The molecule has 2 rings (SSSR count). The Labute approximate surface area is 122 Å². The third kappa shape index (κ3) is 3.82. The molecule has 0 saturated heterocycles. The molecule has 0 aliphatic heterocycles. The van der Waals surface area contributed by atoms with Gasteiger partial charge >= 0.3 is 0 Å². The van der Waals surface area contributed by atoms with Crippen LogP contribution in [0.15, 0.2) is 53.0 Å². The van der Waals surface area contributed by atoms with E-state index < -0.39 is 6.10 Å². The van der Waals surface area contributed by atoms with Gasteiger partial charge in [0, 0.05) is 10.0 Å². The normalized spacial score (nSPS) is 12.2. The maximum atomic E-state index is 9.96. The van der Waals surface area contributed by atoms with E-state index in [1.807, 2.05) is 55.5 Å². The number of aliphatic hydroxyl groups is 1. The summed E-state index contributed by atoms with van der Waals surface area (Å²) in [6.07, 6.45) is 0.208. The minimum Gasteiger partial charge on any atom is -0.489 e. The van der Waals surface area contributed by atoms with Gasteiger partial charge in [0.15, 0.2) is 0 Å². The van der Waals surface area contributed by atoms with Crippen molar-refractivity contribution in [2.75, 3.05) is 0 Å². The van der Waals surface area contributed by atoms with Crippen molar-refractivity contribution in [3.05, 3.63) is 64.1 Å². The average molecular weight is 321 g/mol. The molecule has 0 aliphatic rings. The molecule has 1 atom stereocenters. The van der Waals surface area contributed by atoms with Crippen LogP contribution >= 0.6 is 15.9 Å². The molecule has 19 heavy (non-hydrogen) atoms. The van der Waals surface area contributed by atoms with Crippen LogP contribution < -0.4 is 4.74 Å². The maximum Gasteiger partial charge on any atom is 0.125 e. The van der Waals surface area contributed by atoms with Crippen LogP contribution in [0.3, 0.4) is 0 Å². The third-order valence-electron chi connectivity index (χ3n) is 2.97. The number of aliphatic hydroxyl groups excluding tert-OH is 1. The van der Waals surface area contributed by atoms with Gasteiger partial charge in [-0.15, -0.1) is 0 Å². The van der Waals surface area contributed by atoms with Crippen molar-refractivity contribution in [1.29, 1.82) is 0 Å². The Hall–Kier alpha value is -1.32. The summed E-state index contributed by atoms with van der Waals surface area (Å²) in [5.41, 5.74) is 1.95. The third-order valence-corrected chi connectivity index (χ3v) is 3.50. The second-order valence-corrected chi connectivity index (χ2v) is 5.29. The summed E-state index contributed by atoms with van der Waals surface area (Å²) in [4.78, 5) is 0. The van der Waals surface area contributed by atoms with E-state index in [9.17, 15) is 5.11 Å². The first kappa shape index (κ1) is 14.1. The average Bonchev–Trinajstić information content (AvgIpc) is 2.46. The first-order valence-corrected chi connectivity index (χ1v) is 7.14. The van der Waals surface area contributed by atoms with Crippen molar-refractivity contribution in [2.24, 2.45) is 0 Å². The van der Waals surface area contributed by atoms with E-state index in [2.05, 4.69) is 15.9 Å². The first-order chi connectivity index (χ1) is 9.20. The number of benzene rings is 2. The lowest BCUT2D eigenvalue weighted by atomic mass is 10.1. The van der Waals surface area contributed by atoms with Crippen LogP contribution in [-0.4, -0.2) is 5.11 Å². The number of halogens is 1. The Balaban J connectivity index is 2.09. The summed E-state index contributed by atoms with van der Waals surface area (Å²) < 4.78 is 6.86. The summed E-state index contributed by atoms with van der Waals surface area (Å²) in [6, 6.07) is 15.7. The van der Waals surface area contributed by atoms with E-state index in [-0.39, 0.29) is 0 Å². The number of hydrogen-bond acceptors (Lipinski definition) is 2. The number of ether oxygens (including phenoxy) is 1. The molecule has 1 unspecified atom stereocenters. The molecule has 0 spiro atoms. The Morgan fingerprint density at radius 3 is 2.47 bits per heavy atom. The van der Waals surface area contributed by atoms with E-state index in [0.29, 0.717) is 13.0 Å². The largest absolute Gasteiger partial charge is 0.489 e. The van der Waals surface area contributed by atoms with Crippen LogP contribution in [0, 0.1) is 0 Å². The van der Waals surface area contributed by atoms with Crippen molar-refractivity contribution >= 4 is 15.9 Å². The molecule has 3 heteroatoms. The molecule has 0 aliphatic carbocycles. The Morgan fingerprint density at radius 2 is 1.79 bits per heavy atom. The molecule has 0 bridgehead atoms. The standard InChI is InChI=1S/C16H17BrO2/c1-2-15(18)14-5-3-4-6-16(14)19-11-12-7-9-13(17)10-8-12/h3-10,15,18H,2,11H2,1H3. The minimum atomic E-state index is -0.471. The van der Waals surface area contributed by atoms with Crippen LogP contribution in [0.4, 0.5) is 0 Å². The van der Waals surface area contributed by atoms with E-state index in [0.717, 1.165) is 21.3 Å². The molecular weight excluding hydrogens is 304 g/mol. The van der Waals surface area contributed by atoms with Crippen molar-refractivity contribution in [3.63, 3.8) is 0 Å². The van der Waals surface area contributed by atoms with E-state index in [4.69, 9.17) is 4.74 Å². The van der Waals surface area contributed by atoms with Crippen molar-refractivity contribution in [3.8, 4) is 5.75 Å². The summed E-state index contributed by atoms with van der Waals surface area (Å²) in [7, 11) is 0. The summed E-state index contributed by atoms with van der Waals surface area (Å²) in [6.45, 7) is 2.46. The van der Waals surface area contributed by atoms with Gasteiger partial charge in [0.05, 0.1) is 6.10 Å². The van der Waals surface area contributed by atoms with Gasteiger partial charge in [-0.3, -0.25) is 0 Å².